The van der Waals surface area contributed by atoms with Crippen LogP contribution in [0.25, 0.3) is 11.1 Å². The Hall–Kier alpha value is -2.49. The van der Waals surface area contributed by atoms with Crippen molar-refractivity contribution in [1.82, 2.24) is 10.2 Å². The van der Waals surface area contributed by atoms with Gasteiger partial charge >= 0.3 is 0 Å². The molecule has 0 fully saturated rings. The van der Waals surface area contributed by atoms with Gasteiger partial charge in [0, 0.05) is 19.6 Å². The first kappa shape index (κ1) is 18.3. The summed E-state index contributed by atoms with van der Waals surface area (Å²) in [5.41, 5.74) is 5.95. The van der Waals surface area contributed by atoms with Gasteiger partial charge < -0.3 is 10.2 Å². The van der Waals surface area contributed by atoms with Gasteiger partial charge in [0.1, 0.15) is 5.82 Å². The number of benzene rings is 3. The second-order valence-corrected chi connectivity index (χ2v) is 6.83. The van der Waals surface area contributed by atoms with Crippen molar-refractivity contribution in [3.63, 3.8) is 0 Å². The van der Waals surface area contributed by atoms with Crippen molar-refractivity contribution in [2.45, 2.75) is 19.6 Å². The highest BCUT2D eigenvalue weighted by atomic mass is 19.1. The Balaban J connectivity index is 1.69. The van der Waals surface area contributed by atoms with Crippen LogP contribution in [0.4, 0.5) is 4.39 Å². The van der Waals surface area contributed by atoms with Gasteiger partial charge in [0.2, 0.25) is 0 Å². The van der Waals surface area contributed by atoms with Crippen molar-refractivity contribution in [3.05, 3.63) is 95.3 Å². The Morgan fingerprint density at radius 3 is 2.31 bits per heavy atom. The van der Waals surface area contributed by atoms with Gasteiger partial charge in [-0.05, 0) is 54.0 Å². The first-order chi connectivity index (χ1) is 12.6. The third-order valence-electron chi connectivity index (χ3n) is 4.31. The second kappa shape index (κ2) is 8.75. The van der Waals surface area contributed by atoms with Crippen molar-refractivity contribution in [1.29, 1.82) is 0 Å². The number of rotatable bonds is 7. The van der Waals surface area contributed by atoms with E-state index in [0.29, 0.717) is 6.54 Å². The van der Waals surface area contributed by atoms with Crippen LogP contribution in [0.15, 0.2) is 72.8 Å². The number of hydrogen-bond acceptors (Lipinski definition) is 2. The Morgan fingerprint density at radius 2 is 1.58 bits per heavy atom. The molecule has 0 aliphatic carbocycles. The molecule has 3 heteroatoms. The molecule has 0 aliphatic rings. The van der Waals surface area contributed by atoms with E-state index in [1.54, 1.807) is 12.1 Å². The molecule has 0 heterocycles. The van der Waals surface area contributed by atoms with Crippen LogP contribution in [0.1, 0.15) is 16.7 Å². The normalized spacial score (nSPS) is 11.1. The summed E-state index contributed by atoms with van der Waals surface area (Å²) in [6.45, 7) is 2.33. The Morgan fingerprint density at radius 1 is 0.808 bits per heavy atom. The SMILES string of the molecule is CN(C)Cc1ccc(-c2ccccc2CNCc2cccc(F)c2)cc1. The third kappa shape index (κ3) is 5.01. The van der Waals surface area contributed by atoms with E-state index in [1.165, 1.54) is 28.3 Å². The molecule has 134 valence electrons. The molecule has 0 unspecified atom stereocenters. The van der Waals surface area contributed by atoms with Gasteiger partial charge in [0.05, 0.1) is 0 Å². The topological polar surface area (TPSA) is 15.3 Å². The minimum atomic E-state index is -0.192. The number of hydrogen-bond donors (Lipinski definition) is 1. The highest BCUT2D eigenvalue weighted by Crippen LogP contribution is 2.24. The Kier molecular flexibility index (Phi) is 6.16. The molecule has 0 aliphatic heterocycles. The van der Waals surface area contributed by atoms with Crippen molar-refractivity contribution < 1.29 is 4.39 Å². The van der Waals surface area contributed by atoms with E-state index in [1.807, 2.05) is 6.07 Å². The predicted octanol–water partition coefficient (Wildman–Crippen LogP) is 4.84. The van der Waals surface area contributed by atoms with Gasteiger partial charge in [0.15, 0.2) is 0 Å². The van der Waals surface area contributed by atoms with Crippen molar-refractivity contribution in [3.8, 4) is 11.1 Å². The average molecular weight is 348 g/mol. The molecule has 3 aromatic carbocycles. The number of nitrogens with zero attached hydrogens (tertiary/aromatic N) is 1. The molecule has 0 atom stereocenters. The van der Waals surface area contributed by atoms with Crippen molar-refractivity contribution in [2.75, 3.05) is 14.1 Å². The first-order valence-corrected chi connectivity index (χ1v) is 8.89. The van der Waals surface area contributed by atoms with Gasteiger partial charge in [0.25, 0.3) is 0 Å². The van der Waals surface area contributed by atoms with E-state index in [2.05, 4.69) is 72.8 Å². The largest absolute Gasteiger partial charge is 0.309 e. The van der Waals surface area contributed by atoms with Crippen LogP contribution in [0, 0.1) is 5.82 Å². The van der Waals surface area contributed by atoms with Crippen LogP contribution in [0.5, 0.6) is 0 Å². The van der Waals surface area contributed by atoms with Crippen molar-refractivity contribution in [2.24, 2.45) is 0 Å². The molecule has 26 heavy (non-hydrogen) atoms. The van der Waals surface area contributed by atoms with Crippen LogP contribution in [0.3, 0.4) is 0 Å². The zero-order valence-corrected chi connectivity index (χ0v) is 15.4. The van der Waals surface area contributed by atoms with Crippen LogP contribution in [-0.2, 0) is 19.6 Å². The molecule has 0 spiro atoms. The number of nitrogens with one attached hydrogen (secondary N) is 1. The van der Waals surface area contributed by atoms with E-state index >= 15 is 0 Å². The summed E-state index contributed by atoms with van der Waals surface area (Å²) in [4.78, 5) is 2.17. The Labute approximate surface area is 155 Å². The highest BCUT2D eigenvalue weighted by Gasteiger charge is 2.05. The minimum absolute atomic E-state index is 0.192. The van der Waals surface area contributed by atoms with E-state index in [4.69, 9.17) is 0 Å². The van der Waals surface area contributed by atoms with Crippen LogP contribution < -0.4 is 5.32 Å². The summed E-state index contributed by atoms with van der Waals surface area (Å²) >= 11 is 0. The zero-order chi connectivity index (χ0) is 18.4. The number of halogens is 1. The summed E-state index contributed by atoms with van der Waals surface area (Å²) in [6.07, 6.45) is 0. The van der Waals surface area contributed by atoms with Crippen molar-refractivity contribution >= 4 is 0 Å². The molecular weight excluding hydrogens is 323 g/mol. The summed E-state index contributed by atoms with van der Waals surface area (Å²) in [5, 5.41) is 3.42. The molecule has 0 saturated carbocycles. The molecule has 0 amide bonds. The van der Waals surface area contributed by atoms with Gasteiger partial charge in [-0.3, -0.25) is 0 Å². The van der Waals surface area contributed by atoms with Gasteiger partial charge in [-0.2, -0.15) is 0 Å². The van der Waals surface area contributed by atoms with E-state index in [0.717, 1.165) is 18.7 Å². The average Bonchev–Trinajstić information content (AvgIpc) is 2.62. The fourth-order valence-electron chi connectivity index (χ4n) is 3.10. The smallest absolute Gasteiger partial charge is 0.123 e. The molecule has 3 rings (SSSR count). The summed E-state index contributed by atoms with van der Waals surface area (Å²) < 4.78 is 13.3. The lowest BCUT2D eigenvalue weighted by Crippen LogP contribution is -2.13. The lowest BCUT2D eigenvalue weighted by atomic mass is 9.98. The van der Waals surface area contributed by atoms with Gasteiger partial charge in [-0.1, -0.05) is 60.7 Å². The maximum Gasteiger partial charge on any atom is 0.123 e. The lowest BCUT2D eigenvalue weighted by Gasteiger charge is -2.13. The molecule has 0 saturated heterocycles. The fraction of sp³-hybridized carbons (Fsp3) is 0.217. The molecule has 0 aromatic heterocycles. The molecule has 0 radical (unpaired) electrons. The van der Waals surface area contributed by atoms with E-state index in [-0.39, 0.29) is 5.82 Å². The monoisotopic (exact) mass is 348 g/mol. The lowest BCUT2D eigenvalue weighted by molar-refractivity contribution is 0.402. The predicted molar refractivity (Wildman–Crippen MR) is 106 cm³/mol. The minimum Gasteiger partial charge on any atom is -0.309 e. The molecule has 1 N–H and O–H groups in total. The summed E-state index contributed by atoms with van der Waals surface area (Å²) in [7, 11) is 4.15. The molecular formula is C23H25FN2. The quantitative estimate of drug-likeness (QED) is 0.657. The van der Waals surface area contributed by atoms with E-state index < -0.39 is 0 Å². The molecule has 2 nitrogen and oxygen atoms in total. The van der Waals surface area contributed by atoms with Crippen LogP contribution in [-0.4, -0.2) is 19.0 Å². The summed E-state index contributed by atoms with van der Waals surface area (Å²) in [6, 6.07) is 23.9. The standard InChI is InChI=1S/C23H25FN2/c1-26(2)17-18-10-12-20(13-11-18)23-9-4-3-7-21(23)16-25-15-19-6-5-8-22(24)14-19/h3-14,25H,15-17H2,1-2H3. The molecule has 0 bridgehead atoms. The second-order valence-electron chi connectivity index (χ2n) is 6.83. The zero-order valence-electron chi connectivity index (χ0n) is 15.4. The first-order valence-electron chi connectivity index (χ1n) is 8.89. The van der Waals surface area contributed by atoms with Gasteiger partial charge in [-0.15, -0.1) is 0 Å². The summed E-state index contributed by atoms with van der Waals surface area (Å²) in [5.74, 6) is -0.192. The highest BCUT2D eigenvalue weighted by molar-refractivity contribution is 5.67. The Bertz CT molecular complexity index is 841. The third-order valence-corrected chi connectivity index (χ3v) is 4.31. The van der Waals surface area contributed by atoms with E-state index in [9.17, 15) is 4.39 Å². The van der Waals surface area contributed by atoms with Crippen LogP contribution >= 0.6 is 0 Å². The maximum atomic E-state index is 13.3. The van der Waals surface area contributed by atoms with Gasteiger partial charge in [-0.25, -0.2) is 4.39 Å². The maximum absolute atomic E-state index is 13.3. The molecule has 3 aromatic rings. The van der Waals surface area contributed by atoms with Crippen LogP contribution in [0.2, 0.25) is 0 Å². The fourth-order valence-corrected chi connectivity index (χ4v) is 3.10.